The van der Waals surface area contributed by atoms with Crippen LogP contribution in [0.5, 0.6) is 0 Å². The first-order valence-corrected chi connectivity index (χ1v) is 4.59. The summed E-state index contributed by atoms with van der Waals surface area (Å²) >= 11 is 3.07. The van der Waals surface area contributed by atoms with Crippen molar-refractivity contribution < 1.29 is 18.7 Å². The van der Waals surface area contributed by atoms with Gasteiger partial charge in [-0.25, -0.2) is 8.78 Å². The lowest BCUT2D eigenvalue weighted by Crippen LogP contribution is -2.40. The quantitative estimate of drug-likeness (QED) is 0.714. The van der Waals surface area contributed by atoms with Crippen LogP contribution in [-0.2, 0) is 4.79 Å². The Morgan fingerprint density at radius 3 is 2.08 bits per heavy atom. The van der Waals surface area contributed by atoms with Gasteiger partial charge in [-0.1, -0.05) is 15.9 Å². The van der Waals surface area contributed by atoms with Crippen LogP contribution in [0.4, 0.5) is 8.78 Å². The summed E-state index contributed by atoms with van der Waals surface area (Å²) in [7, 11) is 0. The van der Waals surface area contributed by atoms with Gasteiger partial charge in [-0.05, 0) is 12.8 Å². The van der Waals surface area contributed by atoms with Crippen LogP contribution in [0.3, 0.4) is 0 Å². The van der Waals surface area contributed by atoms with Crippen LogP contribution in [0.1, 0.15) is 12.8 Å². The van der Waals surface area contributed by atoms with Crippen molar-refractivity contribution in [2.24, 2.45) is 5.92 Å². The van der Waals surface area contributed by atoms with Crippen molar-refractivity contribution in [3.8, 4) is 0 Å². The fourth-order valence-corrected chi connectivity index (χ4v) is 2.13. The lowest BCUT2D eigenvalue weighted by molar-refractivity contribution is -0.148. The Kier molecular flexibility index (Phi) is 3.04. The van der Waals surface area contributed by atoms with Gasteiger partial charge in [-0.3, -0.25) is 4.79 Å². The Labute approximate surface area is 77.1 Å². The molecule has 0 saturated heterocycles. The fourth-order valence-electron chi connectivity index (χ4n) is 1.41. The zero-order valence-electron chi connectivity index (χ0n) is 6.21. The smallest absolute Gasteiger partial charge is 0.312 e. The lowest BCUT2D eigenvalue weighted by atomic mass is 9.86. The molecular weight excluding hydrogens is 234 g/mol. The fraction of sp³-hybridized carbons (Fsp3) is 0.857. The van der Waals surface area contributed by atoms with Crippen molar-refractivity contribution in [1.82, 2.24) is 0 Å². The first-order valence-electron chi connectivity index (χ1n) is 3.67. The topological polar surface area (TPSA) is 37.3 Å². The Balaban J connectivity index is 2.66. The van der Waals surface area contributed by atoms with Crippen molar-refractivity contribution >= 4 is 21.9 Å². The van der Waals surface area contributed by atoms with Gasteiger partial charge in [0.15, 0.2) is 0 Å². The highest BCUT2D eigenvalue weighted by atomic mass is 79.9. The first-order chi connectivity index (χ1) is 5.52. The van der Waals surface area contributed by atoms with Gasteiger partial charge < -0.3 is 5.11 Å². The molecule has 0 heterocycles. The van der Waals surface area contributed by atoms with E-state index in [4.69, 9.17) is 5.11 Å². The van der Waals surface area contributed by atoms with Gasteiger partial charge in [0.1, 0.15) is 18.3 Å². The maximum absolute atomic E-state index is 12.9. The number of hydrogen-bond acceptors (Lipinski definition) is 1. The van der Waals surface area contributed by atoms with Crippen LogP contribution >= 0.6 is 15.9 Å². The molecule has 0 aromatic rings. The summed E-state index contributed by atoms with van der Waals surface area (Å²) in [6.07, 6.45) is -2.99. The predicted molar refractivity (Wildman–Crippen MR) is 42.9 cm³/mol. The van der Waals surface area contributed by atoms with Gasteiger partial charge >= 0.3 is 5.97 Å². The molecular formula is C7H9BrF2O2. The Bertz CT molecular complexity index is 176. The third-order valence-electron chi connectivity index (χ3n) is 2.03. The summed E-state index contributed by atoms with van der Waals surface area (Å²) in [4.78, 5) is 10.1. The molecule has 1 aliphatic rings. The Hall–Kier alpha value is -0.190. The van der Waals surface area contributed by atoms with E-state index < -0.39 is 24.2 Å². The number of aliphatic carboxylic acids is 1. The van der Waals surface area contributed by atoms with Gasteiger partial charge in [-0.2, -0.15) is 0 Å². The van der Waals surface area contributed by atoms with Crippen molar-refractivity contribution in [2.75, 3.05) is 0 Å². The van der Waals surface area contributed by atoms with Crippen LogP contribution in [0.15, 0.2) is 0 Å². The lowest BCUT2D eigenvalue weighted by Gasteiger charge is -2.29. The van der Waals surface area contributed by atoms with Gasteiger partial charge in [0.25, 0.3) is 0 Å². The number of hydrogen-bond donors (Lipinski definition) is 1. The van der Waals surface area contributed by atoms with E-state index >= 15 is 0 Å². The Morgan fingerprint density at radius 2 is 1.75 bits per heavy atom. The average molecular weight is 243 g/mol. The molecule has 12 heavy (non-hydrogen) atoms. The van der Waals surface area contributed by atoms with E-state index in [2.05, 4.69) is 15.9 Å². The number of carbonyl (C=O) groups is 1. The van der Waals surface area contributed by atoms with Crippen molar-refractivity contribution in [1.29, 1.82) is 0 Å². The summed E-state index contributed by atoms with van der Waals surface area (Å²) < 4.78 is 25.9. The van der Waals surface area contributed by atoms with Gasteiger partial charge in [0.05, 0.1) is 0 Å². The van der Waals surface area contributed by atoms with E-state index in [1.54, 1.807) is 0 Å². The highest BCUT2D eigenvalue weighted by Crippen LogP contribution is 2.33. The van der Waals surface area contributed by atoms with E-state index in [0.29, 0.717) is 0 Å². The van der Waals surface area contributed by atoms with Crippen LogP contribution in [0.2, 0.25) is 0 Å². The third kappa shape index (κ3) is 1.94. The zero-order valence-corrected chi connectivity index (χ0v) is 7.80. The van der Waals surface area contributed by atoms with Crippen LogP contribution < -0.4 is 0 Å². The van der Waals surface area contributed by atoms with Gasteiger partial charge in [0.2, 0.25) is 0 Å². The molecule has 2 nitrogen and oxygen atoms in total. The number of alkyl halides is 3. The van der Waals surface area contributed by atoms with Crippen molar-refractivity contribution in [3.63, 3.8) is 0 Å². The molecule has 5 heteroatoms. The minimum absolute atomic E-state index is 0.0807. The van der Waals surface area contributed by atoms with Crippen LogP contribution in [0, 0.1) is 5.92 Å². The molecule has 0 spiro atoms. The number of halogens is 3. The maximum atomic E-state index is 12.9. The first kappa shape index (κ1) is 9.89. The van der Waals surface area contributed by atoms with Gasteiger partial charge in [-0.15, -0.1) is 0 Å². The minimum Gasteiger partial charge on any atom is -0.481 e. The van der Waals surface area contributed by atoms with E-state index in [-0.39, 0.29) is 17.7 Å². The summed E-state index contributed by atoms with van der Waals surface area (Å²) in [5.74, 6) is -2.85. The second-order valence-corrected chi connectivity index (χ2v) is 4.26. The maximum Gasteiger partial charge on any atom is 0.312 e. The summed E-state index contributed by atoms with van der Waals surface area (Å²) in [6, 6.07) is 0. The molecule has 0 aliphatic heterocycles. The molecule has 1 aliphatic carbocycles. The minimum atomic E-state index is -1.57. The number of rotatable bonds is 1. The average Bonchev–Trinajstić information content (AvgIpc) is 1.82. The van der Waals surface area contributed by atoms with Crippen molar-refractivity contribution in [3.05, 3.63) is 0 Å². The molecule has 0 aromatic heterocycles. The summed E-state index contributed by atoms with van der Waals surface area (Å²) in [6.45, 7) is 0. The highest BCUT2D eigenvalue weighted by molar-refractivity contribution is 9.09. The number of carboxylic acids is 1. The third-order valence-corrected chi connectivity index (χ3v) is 2.77. The standard InChI is InChI=1S/C7H9BrF2O2/c8-3-1-4(9)6(7(11)12)5(10)2-3/h3-6H,1-2H2,(H,11,12). The molecule has 70 valence electrons. The molecule has 1 fully saturated rings. The largest absolute Gasteiger partial charge is 0.481 e. The van der Waals surface area contributed by atoms with E-state index in [0.717, 1.165) is 0 Å². The second kappa shape index (κ2) is 3.68. The van der Waals surface area contributed by atoms with E-state index in [1.807, 2.05) is 0 Å². The molecule has 1 rings (SSSR count). The van der Waals surface area contributed by atoms with Crippen LogP contribution in [-0.4, -0.2) is 28.2 Å². The molecule has 1 saturated carbocycles. The predicted octanol–water partition coefficient (Wildman–Crippen LogP) is 1.92. The number of carboxylic acid groups (broad SMARTS) is 1. The molecule has 2 atom stereocenters. The molecule has 0 radical (unpaired) electrons. The SMILES string of the molecule is O=C(O)C1C(F)CC(Br)CC1F. The van der Waals surface area contributed by atoms with Crippen LogP contribution in [0.25, 0.3) is 0 Å². The molecule has 1 N–H and O–H groups in total. The summed E-state index contributed by atoms with van der Waals surface area (Å²) in [5.41, 5.74) is 0. The Morgan fingerprint density at radius 1 is 1.33 bits per heavy atom. The highest BCUT2D eigenvalue weighted by Gasteiger charge is 2.42. The van der Waals surface area contributed by atoms with E-state index in [1.165, 1.54) is 0 Å². The molecule has 2 unspecified atom stereocenters. The molecule has 0 amide bonds. The van der Waals surface area contributed by atoms with E-state index in [9.17, 15) is 13.6 Å². The summed E-state index contributed by atoms with van der Waals surface area (Å²) in [5, 5.41) is 8.47. The molecule has 0 bridgehead atoms. The molecule has 0 aromatic carbocycles. The van der Waals surface area contributed by atoms with Gasteiger partial charge in [0, 0.05) is 4.83 Å². The zero-order chi connectivity index (χ0) is 9.30. The second-order valence-electron chi connectivity index (χ2n) is 2.96. The normalized spacial score (nSPS) is 42.6. The monoisotopic (exact) mass is 242 g/mol. The van der Waals surface area contributed by atoms with Crippen molar-refractivity contribution in [2.45, 2.75) is 30.0 Å².